The zero-order valence-corrected chi connectivity index (χ0v) is 23.4. The monoisotopic (exact) mass is 633 g/mol. The van der Waals surface area contributed by atoms with Gasteiger partial charge < -0.3 is 18.6 Å². The Bertz CT molecular complexity index is 1380. The lowest BCUT2D eigenvalue weighted by Gasteiger charge is -2.15. The number of imide groups is 1. The van der Waals surface area contributed by atoms with E-state index in [-0.39, 0.29) is 17.2 Å². The molecule has 2 heterocycles. The van der Waals surface area contributed by atoms with Crippen LogP contribution in [0.3, 0.4) is 0 Å². The number of amides is 2. The van der Waals surface area contributed by atoms with Crippen LogP contribution in [0.15, 0.2) is 57.9 Å². The number of furan rings is 1. The summed E-state index contributed by atoms with van der Waals surface area (Å²) < 4.78 is 22.8. The van der Waals surface area contributed by atoms with Crippen LogP contribution in [0.25, 0.3) is 6.08 Å². The topological polar surface area (TPSA) is 95.3 Å². The molecule has 0 spiro atoms. The van der Waals surface area contributed by atoms with Crippen molar-refractivity contribution in [3.05, 3.63) is 85.2 Å². The molecule has 0 radical (unpaired) electrons. The molecule has 1 aromatic heterocycles. The molecule has 1 fully saturated rings. The minimum Gasteiger partial charge on any atom is -0.490 e. The number of nitrogens with zero attached hydrogens (tertiary/aromatic N) is 1. The number of carbonyl (C=O) groups is 3. The Hall–Kier alpha value is -3.25. The first-order valence-electron chi connectivity index (χ1n) is 11.4. The third kappa shape index (κ3) is 6.37. The molecule has 0 unspecified atom stereocenters. The van der Waals surface area contributed by atoms with Crippen molar-refractivity contribution in [2.45, 2.75) is 27.0 Å². The first kappa shape index (κ1) is 26.8. The first-order chi connectivity index (χ1) is 17.8. The van der Waals surface area contributed by atoms with Gasteiger partial charge in [0.1, 0.15) is 12.4 Å². The molecular formula is C27H24INO7S. The van der Waals surface area contributed by atoms with Gasteiger partial charge in [-0.1, -0.05) is 29.8 Å². The second kappa shape index (κ2) is 11.9. The second-order valence-corrected chi connectivity index (χ2v) is 10.2. The van der Waals surface area contributed by atoms with Crippen LogP contribution in [0.5, 0.6) is 11.5 Å². The number of methoxy groups -OCH3 is 1. The van der Waals surface area contributed by atoms with Gasteiger partial charge in [0.25, 0.3) is 11.1 Å². The number of hydrogen-bond acceptors (Lipinski definition) is 8. The average Bonchev–Trinajstić information content (AvgIpc) is 3.44. The third-order valence-electron chi connectivity index (χ3n) is 5.33. The molecule has 4 rings (SSSR count). The Kier molecular flexibility index (Phi) is 8.59. The lowest BCUT2D eigenvalue weighted by atomic mass is 10.1. The quantitative estimate of drug-likeness (QED) is 0.156. The van der Waals surface area contributed by atoms with Crippen molar-refractivity contribution >= 4 is 57.5 Å². The average molecular weight is 633 g/mol. The van der Waals surface area contributed by atoms with Gasteiger partial charge in [-0.3, -0.25) is 14.5 Å². The normalized spacial score (nSPS) is 14.4. The van der Waals surface area contributed by atoms with E-state index in [4.69, 9.17) is 13.9 Å². The van der Waals surface area contributed by atoms with Crippen molar-refractivity contribution in [1.82, 2.24) is 4.90 Å². The highest BCUT2D eigenvalue weighted by Gasteiger charge is 2.36. The molecule has 10 heteroatoms. The molecule has 8 nitrogen and oxygen atoms in total. The lowest BCUT2D eigenvalue weighted by molar-refractivity contribution is -0.123. The molecule has 2 aromatic carbocycles. The van der Waals surface area contributed by atoms with E-state index in [1.165, 1.54) is 19.2 Å². The van der Waals surface area contributed by atoms with Crippen molar-refractivity contribution < 1.29 is 33.0 Å². The van der Waals surface area contributed by atoms with Crippen molar-refractivity contribution in [3.8, 4) is 11.5 Å². The SMILES string of the molecule is CCOc1cc(/C=C2/SC(=O)N(Cc3ccc(C(=O)OC)o3)C2=O)cc(I)c1OCc1cccc(C)c1. The van der Waals surface area contributed by atoms with Gasteiger partial charge >= 0.3 is 5.97 Å². The number of benzene rings is 2. The molecule has 192 valence electrons. The Morgan fingerprint density at radius 1 is 1.14 bits per heavy atom. The minimum atomic E-state index is -0.633. The van der Waals surface area contributed by atoms with E-state index in [2.05, 4.69) is 33.4 Å². The molecule has 37 heavy (non-hydrogen) atoms. The van der Waals surface area contributed by atoms with Crippen molar-refractivity contribution in [3.63, 3.8) is 0 Å². The maximum atomic E-state index is 13.0. The van der Waals surface area contributed by atoms with Crippen molar-refractivity contribution in [2.75, 3.05) is 13.7 Å². The highest BCUT2D eigenvalue weighted by atomic mass is 127. The molecule has 0 bridgehead atoms. The zero-order chi connectivity index (χ0) is 26.5. The fourth-order valence-electron chi connectivity index (χ4n) is 3.65. The standard InChI is InChI=1S/C27H24INO7S/c1-4-34-22-12-18(11-20(28)24(22)35-15-17-7-5-6-16(2)10-17)13-23-25(30)29(27(32)37-23)14-19-8-9-21(36-19)26(31)33-3/h5-13H,4,14-15H2,1-3H3/b23-13+. The summed E-state index contributed by atoms with van der Waals surface area (Å²) in [7, 11) is 1.24. The van der Waals surface area contributed by atoms with Crippen molar-refractivity contribution in [2.24, 2.45) is 0 Å². The number of hydrogen-bond donors (Lipinski definition) is 0. The number of halogens is 1. The largest absolute Gasteiger partial charge is 0.490 e. The Morgan fingerprint density at radius 2 is 1.95 bits per heavy atom. The van der Waals surface area contributed by atoms with Gasteiger partial charge in [0.05, 0.1) is 28.7 Å². The van der Waals surface area contributed by atoms with Gasteiger partial charge in [-0.05, 0) is 89.7 Å². The number of aryl methyl sites for hydroxylation is 1. The summed E-state index contributed by atoms with van der Waals surface area (Å²) in [6.45, 7) is 4.65. The summed E-state index contributed by atoms with van der Waals surface area (Å²) in [6.07, 6.45) is 1.65. The summed E-state index contributed by atoms with van der Waals surface area (Å²) in [5, 5.41) is -0.426. The Labute approximate surface area is 232 Å². The van der Waals surface area contributed by atoms with Gasteiger partial charge in [0, 0.05) is 0 Å². The van der Waals surface area contributed by atoms with Crippen LogP contribution >= 0.6 is 34.4 Å². The van der Waals surface area contributed by atoms with Crippen LogP contribution < -0.4 is 9.47 Å². The van der Waals surface area contributed by atoms with E-state index in [1.807, 2.05) is 38.1 Å². The number of rotatable bonds is 9. The van der Waals surface area contributed by atoms with Crippen LogP contribution in [0.1, 0.15) is 39.9 Å². The van der Waals surface area contributed by atoms with E-state index >= 15 is 0 Å². The summed E-state index contributed by atoms with van der Waals surface area (Å²) >= 11 is 3.02. The van der Waals surface area contributed by atoms with Crippen molar-refractivity contribution in [1.29, 1.82) is 0 Å². The fourth-order valence-corrected chi connectivity index (χ4v) is 5.27. The van der Waals surface area contributed by atoms with Crippen LogP contribution in [0.2, 0.25) is 0 Å². The minimum absolute atomic E-state index is 0.00255. The molecule has 0 atom stereocenters. The first-order valence-corrected chi connectivity index (χ1v) is 13.3. The van der Waals surface area contributed by atoms with Crippen LogP contribution in [0.4, 0.5) is 4.79 Å². The fraction of sp³-hybridized carbons (Fsp3) is 0.222. The van der Waals surface area contributed by atoms with Gasteiger partial charge in [-0.15, -0.1) is 0 Å². The highest BCUT2D eigenvalue weighted by Crippen LogP contribution is 2.38. The lowest BCUT2D eigenvalue weighted by Crippen LogP contribution is -2.27. The molecular weight excluding hydrogens is 609 g/mol. The van der Waals surface area contributed by atoms with Gasteiger partial charge in [0.15, 0.2) is 11.5 Å². The maximum absolute atomic E-state index is 13.0. The second-order valence-electron chi connectivity index (χ2n) is 8.07. The van der Waals surface area contributed by atoms with Gasteiger partial charge in [0.2, 0.25) is 5.76 Å². The van der Waals surface area contributed by atoms with E-state index in [0.29, 0.717) is 36.0 Å². The van der Waals surface area contributed by atoms with E-state index in [9.17, 15) is 14.4 Å². The van der Waals surface area contributed by atoms with E-state index < -0.39 is 17.1 Å². The van der Waals surface area contributed by atoms with E-state index in [1.54, 1.807) is 12.1 Å². The van der Waals surface area contributed by atoms with Crippen LogP contribution in [0, 0.1) is 10.5 Å². The predicted molar refractivity (Wildman–Crippen MR) is 147 cm³/mol. The predicted octanol–water partition coefficient (Wildman–Crippen LogP) is 6.19. The molecule has 1 aliphatic heterocycles. The third-order valence-corrected chi connectivity index (χ3v) is 7.04. The molecule has 0 saturated carbocycles. The summed E-state index contributed by atoms with van der Waals surface area (Å²) in [6, 6.07) is 14.7. The molecule has 1 saturated heterocycles. The smallest absolute Gasteiger partial charge is 0.373 e. The van der Waals surface area contributed by atoms with Crippen LogP contribution in [-0.4, -0.2) is 35.7 Å². The number of ether oxygens (including phenoxy) is 3. The summed E-state index contributed by atoms with van der Waals surface area (Å²) in [4.78, 5) is 38.5. The van der Waals surface area contributed by atoms with Gasteiger partial charge in [-0.2, -0.15) is 0 Å². The molecule has 0 aliphatic carbocycles. The zero-order valence-electron chi connectivity index (χ0n) is 20.4. The Balaban J connectivity index is 1.53. The molecule has 0 N–H and O–H groups in total. The molecule has 1 aliphatic rings. The Morgan fingerprint density at radius 3 is 2.68 bits per heavy atom. The summed E-state index contributed by atoms with van der Waals surface area (Å²) in [5.41, 5.74) is 2.90. The summed E-state index contributed by atoms with van der Waals surface area (Å²) in [5.74, 6) is 0.395. The molecule has 2 amide bonds. The van der Waals surface area contributed by atoms with Crippen LogP contribution in [-0.2, 0) is 22.7 Å². The molecule has 3 aromatic rings. The number of esters is 1. The maximum Gasteiger partial charge on any atom is 0.373 e. The number of thioether (sulfide) groups is 1. The highest BCUT2D eigenvalue weighted by molar-refractivity contribution is 14.1. The number of carbonyl (C=O) groups excluding carboxylic acids is 3. The van der Waals surface area contributed by atoms with Gasteiger partial charge in [-0.25, -0.2) is 4.79 Å². The van der Waals surface area contributed by atoms with E-state index in [0.717, 1.165) is 31.4 Å².